The molecular weight excluding hydrogens is 392 g/mol. The number of rotatable bonds is 4. The molecule has 0 amide bonds. The third-order valence-corrected chi connectivity index (χ3v) is 5.55. The van der Waals surface area contributed by atoms with Gasteiger partial charge in [-0.25, -0.2) is 0 Å². The Balaban J connectivity index is 1.67. The van der Waals surface area contributed by atoms with Crippen LogP contribution < -0.4 is 0 Å². The first kappa shape index (κ1) is 19.8. The molecule has 0 saturated heterocycles. The Morgan fingerprint density at radius 1 is 0.531 bits per heavy atom. The van der Waals surface area contributed by atoms with Crippen LogP contribution in [0.2, 0.25) is 0 Å². The fraction of sp³-hybridized carbons (Fsp3) is 0.0714. The smallest absolute Gasteiger partial charge is 0.103 e. The van der Waals surface area contributed by atoms with Gasteiger partial charge in [0.25, 0.3) is 0 Å². The maximum Gasteiger partial charge on any atom is 0.103 e. The van der Waals surface area contributed by atoms with E-state index in [9.17, 15) is 0 Å². The molecular formula is C28H22N4. The molecule has 0 aliphatic heterocycles. The van der Waals surface area contributed by atoms with E-state index in [2.05, 4.69) is 58.3 Å². The molecule has 32 heavy (non-hydrogen) atoms. The molecule has 0 aliphatic carbocycles. The number of fused-ring (bicyclic) bond motifs is 3. The van der Waals surface area contributed by atoms with Gasteiger partial charge in [0.05, 0.1) is 11.4 Å². The zero-order chi connectivity index (χ0) is 21.9. The zero-order valence-electron chi connectivity index (χ0n) is 18.0. The van der Waals surface area contributed by atoms with Crippen molar-refractivity contribution < 1.29 is 0 Å². The normalized spacial score (nSPS) is 11.8. The van der Waals surface area contributed by atoms with Crippen molar-refractivity contribution in [1.82, 2.24) is 10.2 Å². The van der Waals surface area contributed by atoms with Gasteiger partial charge in [-0.3, -0.25) is 9.98 Å². The monoisotopic (exact) mass is 414 g/mol. The second-order valence-corrected chi connectivity index (χ2v) is 7.78. The van der Waals surface area contributed by atoms with Gasteiger partial charge in [-0.1, -0.05) is 60.7 Å². The van der Waals surface area contributed by atoms with Crippen molar-refractivity contribution in [2.75, 3.05) is 0 Å². The number of nitrogens with zero attached hydrogens (tertiary/aromatic N) is 4. The molecule has 4 nitrogen and oxygen atoms in total. The van der Waals surface area contributed by atoms with Gasteiger partial charge in [0.1, 0.15) is 11.0 Å². The molecule has 0 bridgehead atoms. The number of aromatic nitrogens is 2. The molecule has 0 spiro atoms. The Morgan fingerprint density at radius 3 is 1.34 bits per heavy atom. The molecule has 5 rings (SSSR count). The summed E-state index contributed by atoms with van der Waals surface area (Å²) in [4.78, 5) is 9.25. The minimum atomic E-state index is 0.859. The summed E-state index contributed by atoms with van der Waals surface area (Å²) in [5.41, 5.74) is 7.76. The molecule has 5 aromatic rings. The van der Waals surface area contributed by atoms with Gasteiger partial charge < -0.3 is 0 Å². The van der Waals surface area contributed by atoms with Crippen LogP contribution in [0, 0.1) is 13.8 Å². The second-order valence-electron chi connectivity index (χ2n) is 7.78. The third-order valence-electron chi connectivity index (χ3n) is 5.55. The van der Waals surface area contributed by atoms with E-state index in [4.69, 9.17) is 0 Å². The molecule has 0 fully saturated rings. The summed E-state index contributed by atoms with van der Waals surface area (Å²) < 4.78 is 0. The summed E-state index contributed by atoms with van der Waals surface area (Å²) in [6.45, 7) is 4.23. The van der Waals surface area contributed by atoms with Crippen molar-refractivity contribution in [3.05, 3.63) is 107 Å². The number of aliphatic imine (C=N–C) groups is 2. The van der Waals surface area contributed by atoms with E-state index in [1.165, 1.54) is 0 Å². The van der Waals surface area contributed by atoms with Crippen molar-refractivity contribution >= 4 is 45.6 Å². The predicted octanol–water partition coefficient (Wildman–Crippen LogP) is 6.90. The molecule has 0 atom stereocenters. The lowest BCUT2D eigenvalue weighted by Gasteiger charge is -2.11. The lowest BCUT2D eigenvalue weighted by molar-refractivity contribution is 1.12. The molecule has 4 aromatic carbocycles. The number of para-hydroxylation sites is 2. The van der Waals surface area contributed by atoms with Gasteiger partial charge in [-0.15, -0.1) is 10.2 Å². The van der Waals surface area contributed by atoms with Crippen LogP contribution in [-0.4, -0.2) is 22.6 Å². The molecule has 1 heterocycles. The highest BCUT2D eigenvalue weighted by Crippen LogP contribution is 2.31. The number of hydrogen-bond acceptors (Lipinski definition) is 4. The molecule has 1 aromatic heterocycles. The van der Waals surface area contributed by atoms with Gasteiger partial charge in [-0.05, 0) is 49.2 Å². The average Bonchev–Trinajstić information content (AvgIpc) is 2.84. The predicted molar refractivity (Wildman–Crippen MR) is 134 cm³/mol. The van der Waals surface area contributed by atoms with Crippen LogP contribution in [-0.2, 0) is 0 Å². The van der Waals surface area contributed by atoms with Gasteiger partial charge >= 0.3 is 0 Å². The molecule has 154 valence electrons. The second kappa shape index (κ2) is 8.52. The SMILES string of the molecule is Cc1ccc(C=Nc2ccccc2)c2nnc3c(C=Nc4ccccc4)ccc(C)c3c12. The van der Waals surface area contributed by atoms with Crippen LogP contribution in [0.15, 0.2) is 94.9 Å². The highest BCUT2D eigenvalue weighted by Gasteiger charge is 2.13. The fourth-order valence-electron chi connectivity index (χ4n) is 3.89. The highest BCUT2D eigenvalue weighted by atomic mass is 15.1. The van der Waals surface area contributed by atoms with Crippen molar-refractivity contribution in [2.45, 2.75) is 13.8 Å². The maximum atomic E-state index is 4.64. The average molecular weight is 415 g/mol. The number of hydrogen-bond donors (Lipinski definition) is 0. The molecule has 0 radical (unpaired) electrons. The van der Waals surface area contributed by atoms with Crippen LogP contribution in [0.25, 0.3) is 21.8 Å². The number of benzene rings is 4. The van der Waals surface area contributed by atoms with E-state index in [1.807, 2.05) is 73.1 Å². The first-order valence-corrected chi connectivity index (χ1v) is 10.6. The summed E-state index contributed by atoms with van der Waals surface area (Å²) in [6.07, 6.45) is 3.74. The van der Waals surface area contributed by atoms with Gasteiger partial charge in [0, 0.05) is 34.3 Å². The Hall–Kier alpha value is -4.18. The molecule has 0 N–H and O–H groups in total. The lowest BCUT2D eigenvalue weighted by atomic mass is 9.97. The minimum absolute atomic E-state index is 0.859. The third kappa shape index (κ3) is 3.79. The molecule has 0 saturated carbocycles. The van der Waals surface area contributed by atoms with E-state index in [0.717, 1.165) is 55.4 Å². The first-order valence-electron chi connectivity index (χ1n) is 10.6. The highest BCUT2D eigenvalue weighted by molar-refractivity contribution is 6.15. The Labute approximate surface area is 187 Å². The van der Waals surface area contributed by atoms with E-state index in [0.29, 0.717) is 0 Å². The Bertz CT molecular complexity index is 1360. The van der Waals surface area contributed by atoms with Crippen LogP contribution in [0.4, 0.5) is 11.4 Å². The standard InChI is InChI=1S/C28H22N4/c1-19-13-15-21(17-29-23-9-5-3-6-10-23)27-25(19)26-20(2)14-16-22(28(26)32-31-27)18-30-24-11-7-4-8-12-24/h3-18H,1-2H3. The minimum Gasteiger partial charge on any atom is -0.256 e. The molecule has 4 heteroatoms. The topological polar surface area (TPSA) is 50.5 Å². The van der Waals surface area contributed by atoms with Gasteiger partial charge in [0.2, 0.25) is 0 Å². The van der Waals surface area contributed by atoms with Crippen molar-refractivity contribution in [3.8, 4) is 0 Å². The van der Waals surface area contributed by atoms with Crippen LogP contribution >= 0.6 is 0 Å². The molecule has 0 unspecified atom stereocenters. The van der Waals surface area contributed by atoms with Crippen molar-refractivity contribution in [3.63, 3.8) is 0 Å². The Kier molecular flexibility index (Phi) is 5.26. The van der Waals surface area contributed by atoms with Crippen molar-refractivity contribution in [2.24, 2.45) is 9.98 Å². The largest absolute Gasteiger partial charge is 0.256 e. The zero-order valence-corrected chi connectivity index (χ0v) is 18.0. The quantitative estimate of drug-likeness (QED) is 0.237. The van der Waals surface area contributed by atoms with E-state index in [-0.39, 0.29) is 0 Å². The van der Waals surface area contributed by atoms with Crippen LogP contribution in [0.5, 0.6) is 0 Å². The summed E-state index contributed by atoms with van der Waals surface area (Å²) in [5.74, 6) is 0. The van der Waals surface area contributed by atoms with E-state index >= 15 is 0 Å². The summed E-state index contributed by atoms with van der Waals surface area (Å²) >= 11 is 0. The van der Waals surface area contributed by atoms with Crippen molar-refractivity contribution in [1.29, 1.82) is 0 Å². The van der Waals surface area contributed by atoms with Gasteiger partial charge in [-0.2, -0.15) is 0 Å². The lowest BCUT2D eigenvalue weighted by Crippen LogP contribution is -1.98. The van der Waals surface area contributed by atoms with Gasteiger partial charge in [0.15, 0.2) is 0 Å². The summed E-state index contributed by atoms with van der Waals surface area (Å²) in [5, 5.41) is 11.5. The van der Waals surface area contributed by atoms with E-state index < -0.39 is 0 Å². The first-order chi connectivity index (χ1) is 15.7. The van der Waals surface area contributed by atoms with Crippen LogP contribution in [0.1, 0.15) is 22.3 Å². The Morgan fingerprint density at radius 2 is 0.938 bits per heavy atom. The summed E-state index contributed by atoms with van der Waals surface area (Å²) in [7, 11) is 0. The van der Waals surface area contributed by atoms with Crippen LogP contribution in [0.3, 0.4) is 0 Å². The maximum absolute atomic E-state index is 4.64. The number of aryl methyl sites for hydroxylation is 2. The van der Waals surface area contributed by atoms with E-state index in [1.54, 1.807) is 0 Å². The molecule has 0 aliphatic rings. The fourth-order valence-corrected chi connectivity index (χ4v) is 3.89. The summed E-state index contributed by atoms with van der Waals surface area (Å²) in [6, 6.07) is 28.2.